The van der Waals surface area contributed by atoms with Gasteiger partial charge < -0.3 is 19.7 Å². The monoisotopic (exact) mass is 360 g/mol. The molecule has 1 amide bonds. The SMILES string of the molecule is CN(C)CCC(NC(=O)C1COC2C=CC=CC2O1)c1ccc(F)cc1. The molecule has 1 heterocycles. The van der Waals surface area contributed by atoms with Gasteiger partial charge in [-0.2, -0.15) is 0 Å². The van der Waals surface area contributed by atoms with E-state index in [9.17, 15) is 9.18 Å². The number of hydrogen-bond acceptors (Lipinski definition) is 4. The van der Waals surface area contributed by atoms with Crippen LogP contribution in [0, 0.1) is 5.82 Å². The summed E-state index contributed by atoms with van der Waals surface area (Å²) in [7, 11) is 3.95. The summed E-state index contributed by atoms with van der Waals surface area (Å²) < 4.78 is 24.9. The van der Waals surface area contributed by atoms with Gasteiger partial charge in [-0.3, -0.25) is 4.79 Å². The van der Waals surface area contributed by atoms with Gasteiger partial charge in [-0.25, -0.2) is 4.39 Å². The summed E-state index contributed by atoms with van der Waals surface area (Å²) in [4.78, 5) is 14.8. The molecule has 4 atom stereocenters. The van der Waals surface area contributed by atoms with Gasteiger partial charge >= 0.3 is 0 Å². The zero-order valence-electron chi connectivity index (χ0n) is 15.1. The fourth-order valence-electron chi connectivity index (χ4n) is 3.07. The molecule has 1 aromatic rings. The van der Waals surface area contributed by atoms with Gasteiger partial charge in [0.15, 0.2) is 6.10 Å². The number of benzene rings is 1. The highest BCUT2D eigenvalue weighted by atomic mass is 19.1. The third-order valence-corrected chi connectivity index (χ3v) is 4.54. The molecule has 1 aliphatic carbocycles. The van der Waals surface area contributed by atoms with E-state index in [0.717, 1.165) is 12.1 Å². The molecule has 1 aromatic carbocycles. The zero-order chi connectivity index (χ0) is 18.5. The second kappa shape index (κ2) is 8.58. The lowest BCUT2D eigenvalue weighted by molar-refractivity contribution is -0.168. The lowest BCUT2D eigenvalue weighted by Gasteiger charge is -2.35. The van der Waals surface area contributed by atoms with E-state index in [2.05, 4.69) is 5.32 Å². The first-order valence-corrected chi connectivity index (χ1v) is 8.85. The molecule has 6 heteroatoms. The molecule has 26 heavy (non-hydrogen) atoms. The maximum atomic E-state index is 13.2. The molecule has 5 nitrogen and oxygen atoms in total. The van der Waals surface area contributed by atoms with Crippen LogP contribution in [-0.4, -0.2) is 56.4 Å². The lowest BCUT2D eigenvalue weighted by atomic mass is 10.0. The van der Waals surface area contributed by atoms with Crippen LogP contribution in [-0.2, 0) is 14.3 Å². The summed E-state index contributed by atoms with van der Waals surface area (Å²) in [6, 6.07) is 6.02. The smallest absolute Gasteiger partial charge is 0.252 e. The molecule has 0 bridgehead atoms. The van der Waals surface area contributed by atoms with Crippen molar-refractivity contribution in [3.8, 4) is 0 Å². The fourth-order valence-corrected chi connectivity index (χ4v) is 3.07. The maximum absolute atomic E-state index is 13.2. The van der Waals surface area contributed by atoms with Crippen LogP contribution >= 0.6 is 0 Å². The largest absolute Gasteiger partial charge is 0.368 e. The molecule has 3 rings (SSSR count). The van der Waals surface area contributed by atoms with Crippen molar-refractivity contribution in [1.82, 2.24) is 10.2 Å². The van der Waals surface area contributed by atoms with Gasteiger partial charge in [-0.05, 0) is 44.8 Å². The van der Waals surface area contributed by atoms with E-state index >= 15 is 0 Å². The predicted molar refractivity (Wildman–Crippen MR) is 97.1 cm³/mol. The summed E-state index contributed by atoms with van der Waals surface area (Å²) in [5.74, 6) is -0.502. The van der Waals surface area contributed by atoms with Crippen LogP contribution in [0.1, 0.15) is 18.0 Å². The van der Waals surface area contributed by atoms with Crippen LogP contribution in [0.5, 0.6) is 0 Å². The second-order valence-corrected chi connectivity index (χ2v) is 6.86. The van der Waals surface area contributed by atoms with Gasteiger partial charge in [0, 0.05) is 0 Å². The first-order chi connectivity index (χ1) is 12.5. The van der Waals surface area contributed by atoms with E-state index in [1.807, 2.05) is 43.3 Å². The molecule has 1 fully saturated rings. The van der Waals surface area contributed by atoms with Crippen LogP contribution in [0.4, 0.5) is 4.39 Å². The average Bonchev–Trinajstić information content (AvgIpc) is 2.65. The molecule has 0 radical (unpaired) electrons. The predicted octanol–water partition coefficient (Wildman–Crippen LogP) is 2.21. The standard InChI is InChI=1S/C20H25FN2O3/c1-23(2)12-11-16(14-7-9-15(21)10-8-14)22-20(24)19-13-25-17-5-3-4-6-18(17)26-19/h3-10,16-19H,11-13H2,1-2H3,(H,22,24). The number of hydrogen-bond donors (Lipinski definition) is 1. The quantitative estimate of drug-likeness (QED) is 0.845. The van der Waals surface area contributed by atoms with E-state index in [4.69, 9.17) is 9.47 Å². The Morgan fingerprint density at radius 3 is 2.62 bits per heavy atom. The normalized spacial score (nSPS) is 25.8. The first kappa shape index (κ1) is 18.8. The Hall–Kier alpha value is -2.02. The summed E-state index contributed by atoms with van der Waals surface area (Å²) in [6.45, 7) is 1.01. The Bertz CT molecular complexity index is 672. The maximum Gasteiger partial charge on any atom is 0.252 e. The van der Waals surface area contributed by atoms with E-state index in [1.54, 1.807) is 12.1 Å². The second-order valence-electron chi connectivity index (χ2n) is 6.86. The number of carbonyl (C=O) groups is 1. The highest BCUT2D eigenvalue weighted by Gasteiger charge is 2.34. The molecule has 0 saturated carbocycles. The van der Waals surface area contributed by atoms with Crippen LogP contribution in [0.15, 0.2) is 48.6 Å². The summed E-state index contributed by atoms with van der Waals surface area (Å²) in [5.41, 5.74) is 0.872. The van der Waals surface area contributed by atoms with Gasteiger partial charge in [0.25, 0.3) is 5.91 Å². The van der Waals surface area contributed by atoms with Crippen molar-refractivity contribution in [2.24, 2.45) is 0 Å². The van der Waals surface area contributed by atoms with Crippen LogP contribution in [0.25, 0.3) is 0 Å². The van der Waals surface area contributed by atoms with Gasteiger partial charge in [0.2, 0.25) is 0 Å². The molecule has 1 saturated heterocycles. The van der Waals surface area contributed by atoms with Gasteiger partial charge in [0.1, 0.15) is 18.0 Å². The van der Waals surface area contributed by atoms with Crippen molar-refractivity contribution >= 4 is 5.91 Å². The van der Waals surface area contributed by atoms with Crippen LogP contribution in [0.3, 0.4) is 0 Å². The molecule has 2 aliphatic rings. The van der Waals surface area contributed by atoms with Crippen molar-refractivity contribution in [2.45, 2.75) is 30.8 Å². The summed E-state index contributed by atoms with van der Waals surface area (Å²) >= 11 is 0. The number of allylic oxidation sites excluding steroid dienone is 2. The number of rotatable bonds is 6. The molecular weight excluding hydrogens is 335 g/mol. The van der Waals surface area contributed by atoms with Crippen molar-refractivity contribution in [3.05, 3.63) is 60.0 Å². The van der Waals surface area contributed by atoms with Gasteiger partial charge in [-0.1, -0.05) is 36.4 Å². The fraction of sp³-hybridized carbons (Fsp3) is 0.450. The zero-order valence-corrected chi connectivity index (χ0v) is 15.1. The van der Waals surface area contributed by atoms with Crippen molar-refractivity contribution in [3.63, 3.8) is 0 Å². The van der Waals surface area contributed by atoms with Gasteiger partial charge in [0.05, 0.1) is 12.6 Å². The minimum absolute atomic E-state index is 0.134. The lowest BCUT2D eigenvalue weighted by Crippen LogP contribution is -2.50. The molecular formula is C20H25FN2O3. The Morgan fingerprint density at radius 1 is 1.23 bits per heavy atom. The van der Waals surface area contributed by atoms with Crippen molar-refractivity contribution in [1.29, 1.82) is 0 Å². The van der Waals surface area contributed by atoms with Crippen molar-refractivity contribution < 1.29 is 18.7 Å². The number of carbonyl (C=O) groups excluding carboxylic acids is 1. The molecule has 4 unspecified atom stereocenters. The number of halogens is 1. The number of nitrogens with zero attached hydrogens (tertiary/aromatic N) is 1. The number of ether oxygens (including phenoxy) is 2. The average molecular weight is 360 g/mol. The van der Waals surface area contributed by atoms with E-state index in [0.29, 0.717) is 6.42 Å². The number of nitrogens with one attached hydrogen (secondary N) is 1. The number of fused-ring (bicyclic) bond motifs is 1. The summed E-state index contributed by atoms with van der Waals surface area (Å²) in [5, 5.41) is 3.04. The highest BCUT2D eigenvalue weighted by molar-refractivity contribution is 5.81. The minimum atomic E-state index is -0.658. The molecule has 1 N–H and O–H groups in total. The molecule has 0 spiro atoms. The van der Waals surface area contributed by atoms with E-state index in [-0.39, 0.29) is 36.6 Å². The molecule has 140 valence electrons. The van der Waals surface area contributed by atoms with E-state index in [1.165, 1.54) is 12.1 Å². The third kappa shape index (κ3) is 4.78. The molecule has 0 aromatic heterocycles. The van der Waals surface area contributed by atoms with Crippen molar-refractivity contribution in [2.75, 3.05) is 27.2 Å². The summed E-state index contributed by atoms with van der Waals surface area (Å²) in [6.07, 6.45) is 7.31. The minimum Gasteiger partial charge on any atom is -0.368 e. The van der Waals surface area contributed by atoms with Crippen LogP contribution < -0.4 is 5.32 Å². The number of amides is 1. The Morgan fingerprint density at radius 2 is 1.92 bits per heavy atom. The molecule has 1 aliphatic heterocycles. The topological polar surface area (TPSA) is 50.8 Å². The third-order valence-electron chi connectivity index (χ3n) is 4.54. The highest BCUT2D eigenvalue weighted by Crippen LogP contribution is 2.22. The Balaban J connectivity index is 1.65. The Kier molecular flexibility index (Phi) is 6.19. The Labute approximate surface area is 153 Å². The van der Waals surface area contributed by atoms with Crippen LogP contribution in [0.2, 0.25) is 0 Å². The van der Waals surface area contributed by atoms with E-state index < -0.39 is 6.10 Å². The van der Waals surface area contributed by atoms with Gasteiger partial charge in [-0.15, -0.1) is 0 Å². The first-order valence-electron chi connectivity index (χ1n) is 8.85.